The first-order valence-corrected chi connectivity index (χ1v) is 1.67. The molecule has 0 saturated heterocycles. The van der Waals surface area contributed by atoms with Crippen LogP contribution in [0, 0.1) is 0 Å². The molecular formula is C4H4BLi. The van der Waals surface area contributed by atoms with Gasteiger partial charge >= 0.3 is 0 Å². The molecule has 0 unspecified atom stereocenters. The van der Waals surface area contributed by atoms with Gasteiger partial charge in [0.05, 0.1) is 0 Å². The summed E-state index contributed by atoms with van der Waals surface area (Å²) in [6.07, 6.45) is 4.00. The number of allylic oxidation sites excluding steroid dienone is 2. The smallest absolute Gasteiger partial charge is 0.117 e. The van der Waals surface area contributed by atoms with Crippen LogP contribution in [0.1, 0.15) is 0 Å². The zero-order valence-corrected chi connectivity index (χ0v) is 3.89. The van der Waals surface area contributed by atoms with Crippen LogP contribution >= 0.6 is 0 Å². The third kappa shape index (κ3) is 1.55. The van der Waals surface area contributed by atoms with Crippen molar-refractivity contribution in [1.82, 2.24) is 0 Å². The van der Waals surface area contributed by atoms with Crippen LogP contribution in [0.2, 0.25) is 0 Å². The van der Waals surface area contributed by atoms with Crippen molar-refractivity contribution in [3.05, 3.63) is 24.1 Å². The summed E-state index contributed by atoms with van der Waals surface area (Å²) in [5.41, 5.74) is 0. The van der Waals surface area contributed by atoms with Gasteiger partial charge in [0.2, 0.25) is 0 Å². The van der Waals surface area contributed by atoms with Crippen molar-refractivity contribution in [3.63, 3.8) is 0 Å². The molecule has 1 rings (SSSR count). The number of hydrogen-bond donors (Lipinski definition) is 0. The topological polar surface area (TPSA) is 0 Å². The Balaban J connectivity index is 0.000000250. The third-order valence-electron chi connectivity index (χ3n) is 0.556. The largest absolute Gasteiger partial charge is 0.171 e. The molecule has 1 aliphatic rings. The monoisotopic (exact) mass is 70.1 g/mol. The molecule has 0 aromatic carbocycles. The summed E-state index contributed by atoms with van der Waals surface area (Å²) in [5, 5.41) is 0. The molecule has 1 heterocycles. The van der Waals surface area contributed by atoms with Crippen molar-refractivity contribution in [3.8, 4) is 0 Å². The van der Waals surface area contributed by atoms with E-state index in [-0.39, 0.29) is 18.9 Å². The van der Waals surface area contributed by atoms with Crippen molar-refractivity contribution < 1.29 is 0 Å². The Morgan fingerprint density at radius 3 is 1.67 bits per heavy atom. The predicted molar refractivity (Wildman–Crippen MR) is 29.8 cm³/mol. The van der Waals surface area contributed by atoms with Gasteiger partial charge in [0.1, 0.15) is 0 Å². The predicted octanol–water partition coefficient (Wildman–Crippen LogP) is 0.351. The molecule has 0 N–H and O–H groups in total. The molecular weight excluding hydrogens is 65.8 g/mol. The van der Waals surface area contributed by atoms with E-state index in [0.29, 0.717) is 0 Å². The summed E-state index contributed by atoms with van der Waals surface area (Å²) >= 11 is 0. The van der Waals surface area contributed by atoms with Crippen LogP contribution < -0.4 is 0 Å². The molecule has 0 nitrogen and oxygen atoms in total. The molecule has 24 valence electrons. The van der Waals surface area contributed by atoms with E-state index < -0.39 is 0 Å². The van der Waals surface area contributed by atoms with Crippen LogP contribution in [0.3, 0.4) is 0 Å². The van der Waals surface area contributed by atoms with E-state index in [1.807, 2.05) is 31.4 Å². The summed E-state index contributed by atoms with van der Waals surface area (Å²) in [4.78, 5) is 0. The molecule has 1 aliphatic heterocycles. The molecule has 0 aromatic rings. The molecule has 0 bridgehead atoms. The molecule has 0 aromatic heterocycles. The molecule has 0 saturated carbocycles. The van der Waals surface area contributed by atoms with Gasteiger partial charge in [0.25, 0.3) is 0 Å². The number of hydrogen-bond acceptors (Lipinski definition) is 0. The van der Waals surface area contributed by atoms with Gasteiger partial charge < -0.3 is 0 Å². The van der Waals surface area contributed by atoms with E-state index in [1.165, 1.54) is 0 Å². The maximum Gasteiger partial charge on any atom is 0.171 e. The van der Waals surface area contributed by atoms with Gasteiger partial charge in [0.15, 0.2) is 7.28 Å². The quantitative estimate of drug-likeness (QED) is 0.360. The Bertz CT molecular complexity index is 65.6. The Morgan fingerprint density at radius 2 is 1.50 bits per heavy atom. The van der Waals surface area contributed by atoms with Crippen molar-refractivity contribution >= 4 is 26.1 Å². The summed E-state index contributed by atoms with van der Waals surface area (Å²) in [7, 11) is 2.00. The summed E-state index contributed by atoms with van der Waals surface area (Å²) < 4.78 is 0. The van der Waals surface area contributed by atoms with Crippen molar-refractivity contribution in [2.24, 2.45) is 0 Å². The minimum absolute atomic E-state index is 0. The third-order valence-corrected chi connectivity index (χ3v) is 0.556. The number of rotatable bonds is 0. The summed E-state index contributed by atoms with van der Waals surface area (Å²) in [6, 6.07) is 0. The van der Waals surface area contributed by atoms with Gasteiger partial charge in [-0.25, -0.2) is 0 Å². The minimum atomic E-state index is 0. The second kappa shape index (κ2) is 3.34. The van der Waals surface area contributed by atoms with E-state index >= 15 is 0 Å². The normalized spacial score (nSPS) is 13.3. The molecule has 2 heteroatoms. The van der Waals surface area contributed by atoms with E-state index in [1.54, 1.807) is 0 Å². The first-order chi connectivity index (χ1) is 2.50. The first kappa shape index (κ1) is 6.14. The van der Waals surface area contributed by atoms with Gasteiger partial charge in [-0.15, -0.1) is 12.0 Å². The van der Waals surface area contributed by atoms with Crippen LogP contribution in [0.4, 0.5) is 0 Å². The maximum absolute atomic E-state index is 2.00. The van der Waals surface area contributed by atoms with Crippen LogP contribution in [-0.4, -0.2) is 26.1 Å². The minimum Gasteiger partial charge on any atom is -0.117 e. The van der Waals surface area contributed by atoms with E-state index in [4.69, 9.17) is 0 Å². The van der Waals surface area contributed by atoms with Gasteiger partial charge in [0, 0.05) is 18.9 Å². The maximum atomic E-state index is 2.00. The SMILES string of the molecule is [B]1C=CC=C1.[Li]. The van der Waals surface area contributed by atoms with E-state index in [0.717, 1.165) is 0 Å². The van der Waals surface area contributed by atoms with E-state index in [2.05, 4.69) is 0 Å². The first-order valence-electron chi connectivity index (χ1n) is 1.67. The fourth-order valence-electron chi connectivity index (χ4n) is 0.321. The van der Waals surface area contributed by atoms with Crippen LogP contribution in [0.15, 0.2) is 24.1 Å². The standard InChI is InChI=1S/C4H4B.Li/c1-2-4-5-3-1;/h1-4H;. The molecule has 0 amide bonds. The van der Waals surface area contributed by atoms with Gasteiger partial charge in [-0.3, -0.25) is 0 Å². The zero-order chi connectivity index (χ0) is 3.54. The zero-order valence-electron chi connectivity index (χ0n) is 3.89. The van der Waals surface area contributed by atoms with E-state index in [9.17, 15) is 0 Å². The Morgan fingerprint density at radius 1 is 1.00 bits per heavy atom. The molecule has 0 spiro atoms. The van der Waals surface area contributed by atoms with Gasteiger partial charge in [-0.05, 0) is 0 Å². The van der Waals surface area contributed by atoms with Crippen molar-refractivity contribution in [2.75, 3.05) is 0 Å². The van der Waals surface area contributed by atoms with Crippen molar-refractivity contribution in [2.45, 2.75) is 0 Å². The van der Waals surface area contributed by atoms with Crippen LogP contribution in [-0.2, 0) is 0 Å². The molecule has 6 heavy (non-hydrogen) atoms. The second-order valence-electron chi connectivity index (χ2n) is 0.962. The van der Waals surface area contributed by atoms with Gasteiger partial charge in [-0.2, -0.15) is 0 Å². The summed E-state index contributed by atoms with van der Waals surface area (Å²) in [6.45, 7) is 0. The average Bonchev–Trinajstić information content (AvgIpc) is 1.76. The van der Waals surface area contributed by atoms with Crippen molar-refractivity contribution in [1.29, 1.82) is 0 Å². The molecule has 0 aliphatic carbocycles. The molecule has 0 fully saturated rings. The Hall–Kier alpha value is 0.142. The fourth-order valence-corrected chi connectivity index (χ4v) is 0.321. The molecule has 0 atom stereocenters. The van der Waals surface area contributed by atoms with Gasteiger partial charge in [-0.1, -0.05) is 12.2 Å². The fraction of sp³-hybridized carbons (Fsp3) is 0. The second-order valence-corrected chi connectivity index (χ2v) is 0.962. The van der Waals surface area contributed by atoms with Crippen LogP contribution in [0.5, 0.6) is 0 Å². The molecule has 2 radical (unpaired) electrons. The Kier molecular flexibility index (Phi) is 3.42. The average molecular weight is 69.8 g/mol. The van der Waals surface area contributed by atoms with Crippen LogP contribution in [0.25, 0.3) is 0 Å². The Labute approximate surface area is 50.7 Å². The summed E-state index contributed by atoms with van der Waals surface area (Å²) in [5.74, 6) is 4.00.